The topological polar surface area (TPSA) is 50.9 Å². The molecule has 0 unspecified atom stereocenters. The van der Waals surface area contributed by atoms with E-state index in [1.54, 1.807) is 0 Å². The first kappa shape index (κ1) is 48.1. The first-order valence-electron chi connectivity index (χ1n) is 23.5. The molecule has 0 fully saturated rings. The van der Waals surface area contributed by atoms with Crippen molar-refractivity contribution in [2.24, 2.45) is 0 Å². The van der Waals surface area contributed by atoms with Gasteiger partial charge in [-0.3, -0.25) is 9.55 Å². The van der Waals surface area contributed by atoms with Gasteiger partial charge >= 0.3 is 0 Å². The molecule has 0 atom stereocenters. The van der Waals surface area contributed by atoms with Crippen molar-refractivity contribution in [3.8, 4) is 67.5 Å². The second kappa shape index (κ2) is 18.3. The van der Waals surface area contributed by atoms with Crippen LogP contribution in [0.15, 0.2) is 170 Å². The fraction of sp³-hybridized carbons (Fsp3) is 0.238. The molecule has 0 saturated carbocycles. The van der Waals surface area contributed by atoms with Crippen molar-refractivity contribution < 1.29 is 26.2 Å². The van der Waals surface area contributed by atoms with Gasteiger partial charge in [-0.15, -0.1) is 29.3 Å². The van der Waals surface area contributed by atoms with E-state index in [9.17, 15) is 5.11 Å². The van der Waals surface area contributed by atoms with Gasteiger partial charge in [0.05, 0.1) is 22.3 Å². The van der Waals surface area contributed by atoms with Crippen molar-refractivity contribution in [3.63, 3.8) is 0 Å². The maximum Gasteiger partial charge on any atom is 0.148 e. The van der Waals surface area contributed by atoms with E-state index < -0.39 is 0 Å². The molecule has 7 aromatic carbocycles. The summed E-state index contributed by atoms with van der Waals surface area (Å²) in [5.41, 5.74) is 16.5. The minimum atomic E-state index is -0.323. The van der Waals surface area contributed by atoms with E-state index in [-0.39, 0.29) is 48.5 Å². The van der Waals surface area contributed by atoms with Crippen LogP contribution in [0.25, 0.3) is 72.7 Å². The Labute approximate surface area is 418 Å². The van der Waals surface area contributed by atoms with Crippen LogP contribution in [0, 0.1) is 6.07 Å². The first-order valence-corrected chi connectivity index (χ1v) is 23.5. The van der Waals surface area contributed by atoms with E-state index in [1.165, 1.54) is 16.7 Å². The van der Waals surface area contributed by atoms with Crippen LogP contribution >= 0.6 is 0 Å². The first-order chi connectivity index (χ1) is 31.8. The molecule has 9 rings (SSSR count). The predicted molar refractivity (Wildman–Crippen MR) is 281 cm³/mol. The SMILES string of the molecule is CC(C)(C)c1cc(-c2cc(-c3ccc(C(C)(C)c4ccccc4)cc3)ccn2)[c-]c(-c2cccc3c2nc(-c2cc(C(C)(C)C)cc(C(C)(C)C)c2O)n3-c2ccccc2-c2ccccc2)c1.[Pt]. The molecule has 68 heavy (non-hydrogen) atoms. The maximum absolute atomic E-state index is 12.5. The number of fused-ring (bicyclic) bond motifs is 1. The Kier molecular flexibility index (Phi) is 12.9. The summed E-state index contributed by atoms with van der Waals surface area (Å²) >= 11 is 0. The predicted octanol–water partition coefficient (Wildman–Crippen LogP) is 16.5. The third-order valence-corrected chi connectivity index (χ3v) is 13.4. The average Bonchev–Trinajstić information content (AvgIpc) is 3.70. The zero-order chi connectivity index (χ0) is 47.5. The van der Waals surface area contributed by atoms with Gasteiger partial charge in [0.25, 0.3) is 0 Å². The molecule has 5 heteroatoms. The summed E-state index contributed by atoms with van der Waals surface area (Å²) in [5.74, 6) is 0.930. The smallest absolute Gasteiger partial charge is 0.148 e. The van der Waals surface area contributed by atoms with Gasteiger partial charge in [-0.05, 0) is 73.9 Å². The molecule has 0 saturated heterocycles. The van der Waals surface area contributed by atoms with Crippen molar-refractivity contribution >= 4 is 11.0 Å². The van der Waals surface area contributed by atoms with E-state index in [0.717, 1.165) is 72.5 Å². The van der Waals surface area contributed by atoms with Gasteiger partial charge < -0.3 is 5.11 Å². The van der Waals surface area contributed by atoms with Crippen molar-refractivity contribution in [2.45, 2.75) is 97.8 Å². The second-order valence-electron chi connectivity index (χ2n) is 21.7. The molecule has 2 aromatic heterocycles. The van der Waals surface area contributed by atoms with Crippen molar-refractivity contribution in [1.29, 1.82) is 0 Å². The van der Waals surface area contributed by atoms with Crippen molar-refractivity contribution in [3.05, 3.63) is 204 Å². The van der Waals surface area contributed by atoms with Gasteiger partial charge in [-0.2, -0.15) is 0 Å². The summed E-state index contributed by atoms with van der Waals surface area (Å²) in [6, 6.07) is 62.1. The number of phenols is 1. The number of imidazole rings is 1. The molecule has 0 spiro atoms. The third kappa shape index (κ3) is 9.29. The number of aromatic hydroxyl groups is 1. The van der Waals surface area contributed by atoms with Crippen LogP contribution in [0.4, 0.5) is 0 Å². The summed E-state index contributed by atoms with van der Waals surface area (Å²) in [6.07, 6.45) is 1.91. The van der Waals surface area contributed by atoms with E-state index in [2.05, 4.69) is 245 Å². The normalized spacial score (nSPS) is 12.3. The minimum absolute atomic E-state index is 0. The van der Waals surface area contributed by atoms with Gasteiger partial charge in [-0.25, -0.2) is 4.98 Å². The van der Waals surface area contributed by atoms with Crippen LogP contribution in [-0.4, -0.2) is 19.6 Å². The van der Waals surface area contributed by atoms with Gasteiger partial charge in [0.15, 0.2) is 0 Å². The molecule has 0 aliphatic carbocycles. The second-order valence-corrected chi connectivity index (χ2v) is 21.7. The quantitative estimate of drug-likeness (QED) is 0.154. The molecule has 9 aromatic rings. The molecular formula is C63H62N3OPt-. The Morgan fingerprint density at radius 1 is 0.471 bits per heavy atom. The monoisotopic (exact) mass is 1070 g/mol. The molecule has 0 aliphatic rings. The number of para-hydroxylation sites is 2. The number of aromatic nitrogens is 3. The summed E-state index contributed by atoms with van der Waals surface area (Å²) in [5, 5.41) is 12.5. The molecule has 0 amide bonds. The standard InChI is InChI=1S/C63H62N3O.Pt/c1-60(2,3)48-36-44(35-45(37-48)54-38-43(33-34-64-54)41-29-31-47(32-30-41)63(10,11)46-23-16-13-17-24-46)51-26-20-28-56-57(51)65-59(52-39-49(61(4,5)6)40-53(58(52)67)62(7,8)9)66(56)55-27-19-18-25-50(55)42-21-14-12-15-22-42;/h12-34,36-40,67H,1-11H3;/q-1;. The number of phenolic OH excluding ortho intramolecular Hbond substituents is 1. The van der Waals surface area contributed by atoms with Crippen LogP contribution in [-0.2, 0) is 42.7 Å². The molecule has 346 valence electrons. The van der Waals surface area contributed by atoms with Crippen LogP contribution < -0.4 is 0 Å². The molecule has 0 radical (unpaired) electrons. The molecule has 0 bridgehead atoms. The van der Waals surface area contributed by atoms with E-state index in [1.807, 2.05) is 12.3 Å². The van der Waals surface area contributed by atoms with Crippen molar-refractivity contribution in [1.82, 2.24) is 14.5 Å². The van der Waals surface area contributed by atoms with Gasteiger partial charge in [0.1, 0.15) is 11.6 Å². The van der Waals surface area contributed by atoms with Gasteiger partial charge in [0.2, 0.25) is 0 Å². The molecule has 1 N–H and O–H groups in total. The molecule has 4 nitrogen and oxygen atoms in total. The Morgan fingerprint density at radius 2 is 1.06 bits per heavy atom. The number of hydrogen-bond acceptors (Lipinski definition) is 3. The third-order valence-electron chi connectivity index (χ3n) is 13.4. The minimum Gasteiger partial charge on any atom is -0.507 e. The Balaban J connectivity index is 0.00000625. The fourth-order valence-electron chi connectivity index (χ4n) is 9.23. The van der Waals surface area contributed by atoms with Crippen LogP contribution in [0.3, 0.4) is 0 Å². The number of benzene rings is 7. The molecule has 0 aliphatic heterocycles. The van der Waals surface area contributed by atoms with E-state index in [4.69, 9.17) is 9.97 Å². The zero-order valence-electron chi connectivity index (χ0n) is 41.3. The zero-order valence-corrected chi connectivity index (χ0v) is 43.5. The molecule has 2 heterocycles. The molecular weight excluding hydrogens is 1010 g/mol. The summed E-state index contributed by atoms with van der Waals surface area (Å²) in [7, 11) is 0. The number of pyridine rings is 1. The van der Waals surface area contributed by atoms with Gasteiger partial charge in [0, 0.05) is 49.5 Å². The summed E-state index contributed by atoms with van der Waals surface area (Å²) in [4.78, 5) is 10.6. The van der Waals surface area contributed by atoms with Crippen LogP contribution in [0.2, 0.25) is 0 Å². The van der Waals surface area contributed by atoms with Crippen LogP contribution in [0.1, 0.15) is 104 Å². The van der Waals surface area contributed by atoms with Crippen LogP contribution in [0.5, 0.6) is 5.75 Å². The Bertz CT molecular complexity index is 3250. The fourth-order valence-corrected chi connectivity index (χ4v) is 9.23. The van der Waals surface area contributed by atoms with E-state index in [0.29, 0.717) is 11.4 Å². The van der Waals surface area contributed by atoms with E-state index >= 15 is 0 Å². The number of rotatable bonds is 8. The Hall–Kier alpha value is -6.35. The van der Waals surface area contributed by atoms with Crippen molar-refractivity contribution in [2.75, 3.05) is 0 Å². The largest absolute Gasteiger partial charge is 0.507 e. The average molecular weight is 1070 g/mol. The van der Waals surface area contributed by atoms with Gasteiger partial charge in [-0.1, -0.05) is 215 Å². The Morgan fingerprint density at radius 3 is 1.72 bits per heavy atom. The summed E-state index contributed by atoms with van der Waals surface area (Å²) < 4.78 is 2.25. The summed E-state index contributed by atoms with van der Waals surface area (Å²) in [6.45, 7) is 24.5. The maximum atomic E-state index is 12.5. The number of hydrogen-bond donors (Lipinski definition) is 1. The number of nitrogens with zero attached hydrogens (tertiary/aromatic N) is 3.